The van der Waals surface area contributed by atoms with Crippen molar-refractivity contribution in [2.24, 2.45) is 0 Å². The topological polar surface area (TPSA) is 31.4 Å². The molecule has 1 aromatic heterocycles. The lowest BCUT2D eigenvalue weighted by atomic mass is 10.4. The number of nitrogens with zero attached hydrogens (tertiary/aromatic N) is 1. The van der Waals surface area contributed by atoms with E-state index in [9.17, 15) is 0 Å². The summed E-state index contributed by atoms with van der Waals surface area (Å²) in [5.74, 6) is 1.37. The number of pyridine rings is 1. The first kappa shape index (κ1) is 10.6. The van der Waals surface area contributed by atoms with Crippen LogP contribution in [0.3, 0.4) is 0 Å². The van der Waals surface area contributed by atoms with Crippen molar-refractivity contribution in [1.29, 1.82) is 0 Å². The van der Waals surface area contributed by atoms with Crippen LogP contribution >= 0.6 is 11.6 Å². The maximum atomic E-state index is 5.81. The van der Waals surface area contributed by atoms with Gasteiger partial charge < -0.3 is 9.47 Å². The molecule has 1 heterocycles. The summed E-state index contributed by atoms with van der Waals surface area (Å²) in [4.78, 5) is 3.98. The van der Waals surface area contributed by atoms with Crippen LogP contribution in [-0.2, 0) is 0 Å². The van der Waals surface area contributed by atoms with Crippen LogP contribution in [0.5, 0.6) is 11.5 Å². The molecule has 82 valence electrons. The van der Waals surface area contributed by atoms with E-state index in [4.69, 9.17) is 21.1 Å². The first-order valence-electron chi connectivity index (χ1n) is 5.14. The van der Waals surface area contributed by atoms with E-state index in [0.717, 1.165) is 12.8 Å². The summed E-state index contributed by atoms with van der Waals surface area (Å²) in [6, 6.07) is 1.71. The zero-order valence-electron chi connectivity index (χ0n) is 8.87. The quantitative estimate of drug-likeness (QED) is 0.741. The molecular weight excluding hydrogens is 214 g/mol. The van der Waals surface area contributed by atoms with Gasteiger partial charge in [-0.15, -0.1) is 0 Å². The zero-order chi connectivity index (χ0) is 10.8. The molecule has 1 aliphatic rings. The molecule has 3 nitrogen and oxygen atoms in total. The molecule has 0 amide bonds. The van der Waals surface area contributed by atoms with Gasteiger partial charge in [-0.2, -0.15) is 0 Å². The predicted molar refractivity (Wildman–Crippen MR) is 58.7 cm³/mol. The Hall–Kier alpha value is -0.960. The molecule has 15 heavy (non-hydrogen) atoms. The van der Waals surface area contributed by atoms with Crippen molar-refractivity contribution in [2.75, 3.05) is 0 Å². The van der Waals surface area contributed by atoms with Crippen LogP contribution in [0, 0.1) is 0 Å². The van der Waals surface area contributed by atoms with E-state index in [2.05, 4.69) is 4.98 Å². The lowest BCUT2D eigenvalue weighted by Crippen LogP contribution is -2.08. The van der Waals surface area contributed by atoms with E-state index < -0.39 is 0 Å². The average molecular weight is 228 g/mol. The summed E-state index contributed by atoms with van der Waals surface area (Å²) >= 11 is 5.81. The number of rotatable bonds is 4. The second kappa shape index (κ2) is 4.27. The van der Waals surface area contributed by atoms with Gasteiger partial charge in [-0.05, 0) is 26.7 Å². The van der Waals surface area contributed by atoms with Crippen molar-refractivity contribution in [2.45, 2.75) is 38.9 Å². The maximum Gasteiger partial charge on any atom is 0.179 e. The fourth-order valence-corrected chi connectivity index (χ4v) is 1.35. The second-order valence-corrected chi connectivity index (χ2v) is 4.32. The van der Waals surface area contributed by atoms with Crippen LogP contribution in [0.4, 0.5) is 0 Å². The van der Waals surface area contributed by atoms with Crippen molar-refractivity contribution in [1.82, 2.24) is 4.98 Å². The van der Waals surface area contributed by atoms with Crippen molar-refractivity contribution in [3.63, 3.8) is 0 Å². The summed E-state index contributed by atoms with van der Waals surface area (Å²) in [6.45, 7) is 3.94. The molecule has 1 aromatic rings. The Bertz CT molecular complexity index is 350. The summed E-state index contributed by atoms with van der Waals surface area (Å²) < 4.78 is 11.3. The number of hydrogen-bond acceptors (Lipinski definition) is 3. The number of hydrogen-bond donors (Lipinski definition) is 0. The van der Waals surface area contributed by atoms with Gasteiger partial charge in [0, 0.05) is 6.07 Å². The van der Waals surface area contributed by atoms with Gasteiger partial charge in [0.2, 0.25) is 0 Å². The minimum Gasteiger partial charge on any atom is -0.486 e. The zero-order valence-corrected chi connectivity index (χ0v) is 9.62. The molecule has 0 aromatic carbocycles. The van der Waals surface area contributed by atoms with Crippen LogP contribution in [0.25, 0.3) is 0 Å². The van der Waals surface area contributed by atoms with E-state index in [1.54, 1.807) is 12.3 Å². The molecule has 2 rings (SSSR count). The summed E-state index contributed by atoms with van der Waals surface area (Å²) in [5.41, 5.74) is 0. The molecule has 0 radical (unpaired) electrons. The lowest BCUT2D eigenvalue weighted by Gasteiger charge is -2.14. The van der Waals surface area contributed by atoms with Crippen LogP contribution in [-0.4, -0.2) is 17.2 Å². The van der Waals surface area contributed by atoms with Gasteiger partial charge in [0.15, 0.2) is 11.5 Å². The molecule has 0 unspecified atom stereocenters. The highest BCUT2D eigenvalue weighted by Crippen LogP contribution is 2.34. The molecule has 0 bridgehead atoms. The van der Waals surface area contributed by atoms with E-state index >= 15 is 0 Å². The fourth-order valence-electron chi connectivity index (χ4n) is 1.20. The Morgan fingerprint density at radius 1 is 1.40 bits per heavy atom. The van der Waals surface area contributed by atoms with Gasteiger partial charge in [0.1, 0.15) is 5.15 Å². The third-order valence-electron chi connectivity index (χ3n) is 1.98. The summed E-state index contributed by atoms with van der Waals surface area (Å²) in [6.07, 6.45) is 4.27. The third kappa shape index (κ3) is 2.99. The van der Waals surface area contributed by atoms with Crippen molar-refractivity contribution in [3.8, 4) is 11.5 Å². The Morgan fingerprint density at radius 3 is 2.73 bits per heavy atom. The minimum absolute atomic E-state index is 0.106. The van der Waals surface area contributed by atoms with Crippen LogP contribution < -0.4 is 9.47 Å². The molecule has 0 aliphatic heterocycles. The molecule has 0 N–H and O–H groups in total. The monoisotopic (exact) mass is 227 g/mol. The highest BCUT2D eigenvalue weighted by atomic mass is 35.5. The van der Waals surface area contributed by atoms with Crippen LogP contribution in [0.1, 0.15) is 26.7 Å². The van der Waals surface area contributed by atoms with E-state index in [-0.39, 0.29) is 6.10 Å². The molecular formula is C11H14ClNO2. The van der Waals surface area contributed by atoms with Crippen molar-refractivity contribution in [3.05, 3.63) is 17.4 Å². The largest absolute Gasteiger partial charge is 0.486 e. The smallest absolute Gasteiger partial charge is 0.179 e. The minimum atomic E-state index is 0.106. The number of ether oxygens (including phenoxy) is 2. The van der Waals surface area contributed by atoms with Gasteiger partial charge in [-0.1, -0.05) is 11.6 Å². The van der Waals surface area contributed by atoms with Gasteiger partial charge in [0.05, 0.1) is 18.4 Å². The molecule has 0 saturated heterocycles. The summed E-state index contributed by atoms with van der Waals surface area (Å²) in [7, 11) is 0. The molecule has 1 aliphatic carbocycles. The first-order chi connectivity index (χ1) is 7.15. The molecule has 0 spiro atoms. The highest BCUT2D eigenvalue weighted by Gasteiger charge is 2.25. The highest BCUT2D eigenvalue weighted by molar-refractivity contribution is 6.29. The van der Waals surface area contributed by atoms with Gasteiger partial charge >= 0.3 is 0 Å². The predicted octanol–water partition coefficient (Wildman–Crippen LogP) is 3.06. The molecule has 4 heteroatoms. The Morgan fingerprint density at radius 2 is 2.13 bits per heavy atom. The second-order valence-electron chi connectivity index (χ2n) is 3.94. The lowest BCUT2D eigenvalue weighted by molar-refractivity contribution is 0.216. The normalized spacial score (nSPS) is 15.5. The van der Waals surface area contributed by atoms with Crippen LogP contribution in [0.15, 0.2) is 12.3 Å². The number of aromatic nitrogens is 1. The molecule has 1 fully saturated rings. The molecule has 0 atom stereocenters. The third-order valence-corrected chi connectivity index (χ3v) is 2.19. The van der Waals surface area contributed by atoms with E-state index in [1.165, 1.54) is 0 Å². The Kier molecular flexibility index (Phi) is 3.00. The van der Waals surface area contributed by atoms with Gasteiger partial charge in [0.25, 0.3) is 0 Å². The van der Waals surface area contributed by atoms with E-state index in [0.29, 0.717) is 22.8 Å². The van der Waals surface area contributed by atoms with Crippen molar-refractivity contribution >= 4 is 11.6 Å². The standard InChI is InChI=1S/C11H14ClNO2/c1-7(2)14-10-6-13-11(12)5-9(10)15-8-3-4-8/h5-8H,3-4H2,1-2H3. The SMILES string of the molecule is CC(C)Oc1cnc(Cl)cc1OC1CC1. The number of halogens is 1. The Labute approximate surface area is 94.4 Å². The molecule has 1 saturated carbocycles. The first-order valence-corrected chi connectivity index (χ1v) is 5.52. The van der Waals surface area contributed by atoms with E-state index in [1.807, 2.05) is 13.8 Å². The van der Waals surface area contributed by atoms with Gasteiger partial charge in [-0.3, -0.25) is 0 Å². The average Bonchev–Trinajstić information content (AvgIpc) is 2.93. The van der Waals surface area contributed by atoms with Crippen molar-refractivity contribution < 1.29 is 9.47 Å². The Balaban J connectivity index is 2.17. The van der Waals surface area contributed by atoms with Gasteiger partial charge in [-0.25, -0.2) is 4.98 Å². The fraction of sp³-hybridized carbons (Fsp3) is 0.545. The van der Waals surface area contributed by atoms with Crippen LogP contribution in [0.2, 0.25) is 5.15 Å². The maximum absolute atomic E-state index is 5.81. The summed E-state index contributed by atoms with van der Waals surface area (Å²) in [5, 5.41) is 0.432.